The molecule has 112 valence electrons. The van der Waals surface area contributed by atoms with Crippen LogP contribution in [0.4, 0.5) is 0 Å². The molecule has 4 rings (SSSR count). The van der Waals surface area contributed by atoms with Gasteiger partial charge in [0, 0.05) is 10.9 Å². The summed E-state index contributed by atoms with van der Waals surface area (Å²) in [6.45, 7) is 0. The minimum absolute atomic E-state index is 0.171. The first-order chi connectivity index (χ1) is 11.3. The zero-order valence-electron chi connectivity index (χ0n) is 12.5. The van der Waals surface area contributed by atoms with E-state index in [4.69, 9.17) is 10.7 Å². The molecule has 0 saturated carbocycles. The highest BCUT2D eigenvalue weighted by Crippen LogP contribution is 2.29. The van der Waals surface area contributed by atoms with Crippen LogP contribution < -0.4 is 5.73 Å². The van der Waals surface area contributed by atoms with Crippen LogP contribution in [0, 0.1) is 0 Å². The molecule has 2 nitrogen and oxygen atoms in total. The predicted molar refractivity (Wildman–Crippen MR) is 97.5 cm³/mol. The number of fused-ring (bicyclic) bond motifs is 1. The maximum Gasteiger partial charge on any atom is 0.115 e. The van der Waals surface area contributed by atoms with Crippen LogP contribution in [0.15, 0.2) is 78.2 Å². The molecule has 0 aliphatic rings. The number of hydrogen-bond acceptors (Lipinski definition) is 3. The molecule has 1 heterocycles. The summed E-state index contributed by atoms with van der Waals surface area (Å²) in [5, 5.41) is 5.50. The van der Waals surface area contributed by atoms with E-state index in [0.717, 1.165) is 21.8 Å². The largest absolute Gasteiger partial charge is 0.318 e. The molecule has 3 heteroatoms. The Bertz CT molecular complexity index is 944. The van der Waals surface area contributed by atoms with Gasteiger partial charge in [-0.15, -0.1) is 11.3 Å². The molecule has 23 heavy (non-hydrogen) atoms. The van der Waals surface area contributed by atoms with Crippen molar-refractivity contribution < 1.29 is 0 Å². The predicted octanol–water partition coefficient (Wildman–Crippen LogP) is 5.01. The Morgan fingerprint density at radius 1 is 0.826 bits per heavy atom. The van der Waals surface area contributed by atoms with Crippen molar-refractivity contribution in [1.82, 2.24) is 4.98 Å². The Balaban J connectivity index is 1.69. The van der Waals surface area contributed by atoms with Gasteiger partial charge in [0.2, 0.25) is 0 Å². The highest BCUT2D eigenvalue weighted by Gasteiger charge is 2.13. The summed E-state index contributed by atoms with van der Waals surface area (Å²) in [4.78, 5) is 4.76. The average molecular weight is 316 g/mol. The van der Waals surface area contributed by atoms with Gasteiger partial charge in [-0.1, -0.05) is 66.7 Å². The highest BCUT2D eigenvalue weighted by atomic mass is 32.1. The molecule has 2 N–H and O–H groups in total. The lowest BCUT2D eigenvalue weighted by Crippen LogP contribution is -2.11. The van der Waals surface area contributed by atoms with Crippen LogP contribution in [0.2, 0.25) is 0 Å². The van der Waals surface area contributed by atoms with E-state index in [9.17, 15) is 0 Å². The van der Waals surface area contributed by atoms with E-state index < -0.39 is 0 Å². The lowest BCUT2D eigenvalue weighted by molar-refractivity contribution is 0.859. The van der Waals surface area contributed by atoms with Crippen LogP contribution in [0.3, 0.4) is 0 Å². The smallest absolute Gasteiger partial charge is 0.115 e. The van der Waals surface area contributed by atoms with Gasteiger partial charge in [-0.3, -0.25) is 0 Å². The van der Waals surface area contributed by atoms with Crippen molar-refractivity contribution in [2.45, 2.75) is 6.04 Å². The molecule has 0 aliphatic heterocycles. The highest BCUT2D eigenvalue weighted by molar-refractivity contribution is 7.10. The van der Waals surface area contributed by atoms with Crippen LogP contribution >= 0.6 is 11.3 Å². The molecule has 0 spiro atoms. The Kier molecular flexibility index (Phi) is 3.66. The second-order valence-electron chi connectivity index (χ2n) is 5.52. The molecule has 0 fully saturated rings. The van der Waals surface area contributed by atoms with Crippen molar-refractivity contribution >= 4 is 22.1 Å². The van der Waals surface area contributed by atoms with E-state index in [0.29, 0.717) is 0 Å². The van der Waals surface area contributed by atoms with Crippen LogP contribution in [0.1, 0.15) is 16.6 Å². The molecule has 0 saturated heterocycles. The number of thiazole rings is 1. The Hall–Kier alpha value is -2.49. The van der Waals surface area contributed by atoms with E-state index in [1.807, 2.05) is 30.3 Å². The zero-order valence-corrected chi connectivity index (χ0v) is 13.3. The number of rotatable bonds is 3. The van der Waals surface area contributed by atoms with Crippen molar-refractivity contribution in [2.24, 2.45) is 5.73 Å². The summed E-state index contributed by atoms with van der Waals surface area (Å²) >= 11 is 1.62. The van der Waals surface area contributed by atoms with Crippen molar-refractivity contribution in [1.29, 1.82) is 0 Å². The van der Waals surface area contributed by atoms with Crippen LogP contribution in [-0.2, 0) is 0 Å². The van der Waals surface area contributed by atoms with Crippen LogP contribution in [-0.4, -0.2) is 4.98 Å². The monoisotopic (exact) mass is 316 g/mol. The van der Waals surface area contributed by atoms with Gasteiger partial charge in [0.05, 0.1) is 11.7 Å². The third-order valence-electron chi connectivity index (χ3n) is 3.99. The molecule has 0 bridgehead atoms. The first-order valence-corrected chi connectivity index (χ1v) is 8.44. The van der Waals surface area contributed by atoms with Crippen molar-refractivity contribution in [2.75, 3.05) is 0 Å². The van der Waals surface area contributed by atoms with Gasteiger partial charge in [0.15, 0.2) is 0 Å². The molecule has 0 radical (unpaired) electrons. The molecule has 0 amide bonds. The minimum atomic E-state index is -0.171. The molecule has 3 aromatic carbocycles. The second-order valence-corrected chi connectivity index (χ2v) is 6.41. The van der Waals surface area contributed by atoms with Gasteiger partial charge in [-0.2, -0.15) is 0 Å². The molecule has 1 atom stereocenters. The van der Waals surface area contributed by atoms with Gasteiger partial charge in [-0.25, -0.2) is 4.98 Å². The van der Waals surface area contributed by atoms with Gasteiger partial charge in [0.25, 0.3) is 0 Å². The number of nitrogens with two attached hydrogens (primary N) is 1. The summed E-state index contributed by atoms with van der Waals surface area (Å²) in [5.74, 6) is 0. The van der Waals surface area contributed by atoms with Gasteiger partial charge in [-0.05, 0) is 22.4 Å². The van der Waals surface area contributed by atoms with E-state index in [-0.39, 0.29) is 6.04 Å². The summed E-state index contributed by atoms with van der Waals surface area (Å²) in [7, 11) is 0. The Morgan fingerprint density at radius 3 is 2.39 bits per heavy atom. The summed E-state index contributed by atoms with van der Waals surface area (Å²) in [5.41, 5.74) is 9.55. The topological polar surface area (TPSA) is 38.9 Å². The third kappa shape index (κ3) is 2.77. The number of benzene rings is 3. The Labute approximate surface area is 139 Å². The Morgan fingerprint density at radius 2 is 1.57 bits per heavy atom. The fourth-order valence-corrected chi connectivity index (χ4v) is 3.57. The molecule has 4 aromatic rings. The van der Waals surface area contributed by atoms with Crippen LogP contribution in [0.25, 0.3) is 22.0 Å². The number of nitrogens with zero attached hydrogens (tertiary/aromatic N) is 1. The average Bonchev–Trinajstić information content (AvgIpc) is 3.11. The molecule has 1 unspecified atom stereocenters. The fourth-order valence-electron chi connectivity index (χ4n) is 2.71. The van der Waals surface area contributed by atoms with Crippen molar-refractivity contribution in [3.8, 4) is 11.3 Å². The first-order valence-electron chi connectivity index (χ1n) is 7.56. The van der Waals surface area contributed by atoms with Crippen LogP contribution in [0.5, 0.6) is 0 Å². The summed E-state index contributed by atoms with van der Waals surface area (Å²) in [6.07, 6.45) is 0. The van der Waals surface area contributed by atoms with Gasteiger partial charge in [0.1, 0.15) is 5.01 Å². The van der Waals surface area contributed by atoms with Gasteiger partial charge >= 0.3 is 0 Å². The normalized spacial score (nSPS) is 12.4. The quantitative estimate of drug-likeness (QED) is 0.577. The van der Waals surface area contributed by atoms with E-state index in [1.54, 1.807) is 11.3 Å². The van der Waals surface area contributed by atoms with Gasteiger partial charge < -0.3 is 5.73 Å². The standard InChI is InChI=1S/C20H16N2S/c21-19(15-7-2-1-3-8-15)20-22-18(13-23-20)17-11-10-14-6-4-5-9-16(14)12-17/h1-13,19H,21H2. The van der Waals surface area contributed by atoms with E-state index in [1.165, 1.54) is 10.8 Å². The van der Waals surface area contributed by atoms with E-state index in [2.05, 4.69) is 47.8 Å². The lowest BCUT2D eigenvalue weighted by Gasteiger charge is -2.08. The number of aromatic nitrogens is 1. The minimum Gasteiger partial charge on any atom is -0.318 e. The van der Waals surface area contributed by atoms with Crippen molar-refractivity contribution in [3.05, 3.63) is 88.7 Å². The van der Waals surface area contributed by atoms with Crippen molar-refractivity contribution in [3.63, 3.8) is 0 Å². The second kappa shape index (κ2) is 5.95. The molecular weight excluding hydrogens is 300 g/mol. The fraction of sp³-hybridized carbons (Fsp3) is 0.0500. The van der Waals surface area contributed by atoms with E-state index >= 15 is 0 Å². The summed E-state index contributed by atoms with van der Waals surface area (Å²) < 4.78 is 0. The zero-order chi connectivity index (χ0) is 15.6. The third-order valence-corrected chi connectivity index (χ3v) is 4.92. The first kappa shape index (κ1) is 14.1. The molecule has 1 aromatic heterocycles. The molecular formula is C20H16N2S. The maximum atomic E-state index is 6.35. The SMILES string of the molecule is NC(c1ccccc1)c1nc(-c2ccc3ccccc3c2)cs1. The number of hydrogen-bond donors (Lipinski definition) is 1. The molecule has 0 aliphatic carbocycles. The lowest BCUT2D eigenvalue weighted by atomic mass is 10.1. The summed E-state index contributed by atoms with van der Waals surface area (Å²) in [6, 6.07) is 24.7. The maximum absolute atomic E-state index is 6.35.